The Hall–Kier alpha value is -3.51. The number of hydrogen-bond acceptors (Lipinski definition) is 6. The molecular formula is C25H24O6. The van der Waals surface area contributed by atoms with Crippen LogP contribution in [-0.4, -0.2) is 27.0 Å². The lowest BCUT2D eigenvalue weighted by Gasteiger charge is -2.30. The number of aliphatic hydroxyl groups excluding tert-OH is 1. The average Bonchev–Trinajstić information content (AvgIpc) is 2.70. The van der Waals surface area contributed by atoms with Crippen LogP contribution in [0, 0.1) is 0 Å². The second kappa shape index (κ2) is 7.32. The van der Waals surface area contributed by atoms with Crippen molar-refractivity contribution < 1.29 is 24.5 Å². The molecule has 160 valence electrons. The maximum absolute atomic E-state index is 13.0. The lowest BCUT2D eigenvalue weighted by Crippen LogP contribution is -2.29. The molecule has 1 aliphatic heterocycles. The molecule has 0 aliphatic carbocycles. The van der Waals surface area contributed by atoms with Crippen LogP contribution in [0.15, 0.2) is 57.8 Å². The molecule has 0 radical (unpaired) electrons. The van der Waals surface area contributed by atoms with Crippen molar-refractivity contribution in [2.24, 2.45) is 0 Å². The summed E-state index contributed by atoms with van der Waals surface area (Å²) in [6.45, 7) is 9.20. The Bertz CT molecular complexity index is 1280. The van der Waals surface area contributed by atoms with Gasteiger partial charge in [0.25, 0.3) is 0 Å². The molecule has 0 saturated heterocycles. The van der Waals surface area contributed by atoms with Gasteiger partial charge < -0.3 is 24.5 Å². The Kier molecular flexibility index (Phi) is 4.90. The summed E-state index contributed by atoms with van der Waals surface area (Å²) < 4.78 is 12.2. The lowest BCUT2D eigenvalue weighted by molar-refractivity contribution is 0.153. The number of fused-ring (bicyclic) bond motifs is 3. The molecule has 6 heteroatoms. The summed E-state index contributed by atoms with van der Waals surface area (Å²) in [7, 11) is 0. The van der Waals surface area contributed by atoms with E-state index in [1.165, 1.54) is 18.2 Å². The van der Waals surface area contributed by atoms with E-state index in [0.717, 1.165) is 0 Å². The number of aliphatic hydroxyl groups is 1. The zero-order valence-corrected chi connectivity index (χ0v) is 17.6. The monoisotopic (exact) mass is 420 g/mol. The van der Waals surface area contributed by atoms with E-state index in [4.69, 9.17) is 9.15 Å². The molecular weight excluding hydrogens is 396 g/mol. The molecule has 2 aromatic carbocycles. The van der Waals surface area contributed by atoms with Crippen molar-refractivity contribution in [1.82, 2.24) is 0 Å². The van der Waals surface area contributed by atoms with E-state index in [1.807, 2.05) is 19.9 Å². The minimum atomic E-state index is -0.909. The fourth-order valence-electron chi connectivity index (χ4n) is 3.61. The van der Waals surface area contributed by atoms with Crippen molar-refractivity contribution in [3.8, 4) is 28.6 Å². The maximum atomic E-state index is 13.0. The first-order valence-corrected chi connectivity index (χ1v) is 9.94. The third kappa shape index (κ3) is 3.70. The van der Waals surface area contributed by atoms with E-state index in [-0.39, 0.29) is 28.9 Å². The van der Waals surface area contributed by atoms with Gasteiger partial charge in [0, 0.05) is 23.6 Å². The number of ether oxygens (including phenoxy) is 1. The Balaban J connectivity index is 2.03. The summed E-state index contributed by atoms with van der Waals surface area (Å²) in [6, 6.07) is 7.58. The summed E-state index contributed by atoms with van der Waals surface area (Å²) in [4.78, 5) is 13.0. The van der Waals surface area contributed by atoms with Crippen molar-refractivity contribution >= 4 is 17.0 Å². The summed E-state index contributed by atoms with van der Waals surface area (Å²) >= 11 is 0. The highest BCUT2D eigenvalue weighted by molar-refractivity contribution is 5.96. The first kappa shape index (κ1) is 20.8. The first-order chi connectivity index (χ1) is 14.6. The molecule has 1 aromatic heterocycles. The highest BCUT2D eigenvalue weighted by Crippen LogP contribution is 2.45. The van der Waals surface area contributed by atoms with Crippen LogP contribution in [-0.2, 0) is 6.42 Å². The first-order valence-electron chi connectivity index (χ1n) is 9.94. The number of benzene rings is 2. The molecule has 0 saturated carbocycles. The van der Waals surface area contributed by atoms with Crippen molar-refractivity contribution in [1.29, 1.82) is 0 Å². The third-order valence-electron chi connectivity index (χ3n) is 5.37. The molecule has 3 N–H and O–H groups in total. The maximum Gasteiger partial charge on any atom is 0.197 e. The van der Waals surface area contributed by atoms with Gasteiger partial charge >= 0.3 is 0 Å². The molecule has 0 fully saturated rings. The van der Waals surface area contributed by atoms with Crippen LogP contribution in [0.3, 0.4) is 0 Å². The van der Waals surface area contributed by atoms with Crippen LogP contribution < -0.4 is 10.2 Å². The fraction of sp³-hybridized carbons (Fsp3) is 0.240. The largest absolute Gasteiger partial charge is 0.508 e. The van der Waals surface area contributed by atoms with Gasteiger partial charge in [-0.25, -0.2) is 0 Å². The quantitative estimate of drug-likeness (QED) is 0.536. The van der Waals surface area contributed by atoms with Crippen molar-refractivity contribution in [3.05, 3.63) is 69.9 Å². The predicted molar refractivity (Wildman–Crippen MR) is 120 cm³/mol. The minimum Gasteiger partial charge on any atom is -0.508 e. The predicted octanol–water partition coefficient (Wildman–Crippen LogP) is 4.53. The number of aromatic hydroxyl groups is 2. The SMILES string of the molecule is C=C(C)C(O)Cc1c2c(c3oc(-c4ccc(O)cc4)cc(=O)c3c1O)C=CC(C)(C)O2. The third-order valence-corrected chi connectivity index (χ3v) is 5.37. The smallest absolute Gasteiger partial charge is 0.197 e. The van der Waals surface area contributed by atoms with Gasteiger partial charge in [-0.15, -0.1) is 0 Å². The Morgan fingerprint density at radius 1 is 1.19 bits per heavy atom. The zero-order chi connectivity index (χ0) is 22.5. The molecule has 2 heterocycles. The summed E-state index contributed by atoms with van der Waals surface area (Å²) in [5.41, 5.74) is 1.12. The number of hydrogen-bond donors (Lipinski definition) is 3. The van der Waals surface area contributed by atoms with Crippen molar-refractivity contribution in [2.45, 2.75) is 38.9 Å². The van der Waals surface area contributed by atoms with E-state index in [1.54, 1.807) is 25.1 Å². The number of phenols is 2. The molecule has 1 unspecified atom stereocenters. The molecule has 0 spiro atoms. The van der Waals surface area contributed by atoms with Gasteiger partial charge in [-0.2, -0.15) is 0 Å². The zero-order valence-electron chi connectivity index (χ0n) is 17.6. The van der Waals surface area contributed by atoms with Gasteiger partial charge in [0.15, 0.2) is 11.0 Å². The van der Waals surface area contributed by atoms with E-state index in [9.17, 15) is 20.1 Å². The van der Waals surface area contributed by atoms with Crippen LogP contribution in [0.4, 0.5) is 0 Å². The fourth-order valence-corrected chi connectivity index (χ4v) is 3.61. The van der Waals surface area contributed by atoms with Crippen LogP contribution in [0.25, 0.3) is 28.4 Å². The van der Waals surface area contributed by atoms with Crippen LogP contribution in [0.2, 0.25) is 0 Å². The second-order valence-corrected chi connectivity index (χ2v) is 8.40. The van der Waals surface area contributed by atoms with Crippen LogP contribution >= 0.6 is 0 Å². The van der Waals surface area contributed by atoms with Crippen molar-refractivity contribution in [3.63, 3.8) is 0 Å². The molecule has 4 rings (SSSR count). The van der Waals surface area contributed by atoms with Crippen LogP contribution in [0.5, 0.6) is 17.2 Å². The van der Waals surface area contributed by atoms with Gasteiger partial charge in [0.1, 0.15) is 34.0 Å². The summed E-state index contributed by atoms with van der Waals surface area (Å²) in [6.07, 6.45) is 2.79. The van der Waals surface area contributed by atoms with E-state index in [0.29, 0.717) is 33.8 Å². The van der Waals surface area contributed by atoms with Gasteiger partial charge in [-0.3, -0.25) is 4.79 Å². The van der Waals surface area contributed by atoms with Crippen molar-refractivity contribution in [2.75, 3.05) is 0 Å². The standard InChI is InChI=1S/C25H24O6/c1-13(2)18(27)11-17-22(29)21-19(28)12-20(14-5-7-15(26)8-6-14)30-24(21)16-9-10-25(3,4)31-23(16)17/h5-10,12,18,26-27,29H,1,11H2,2-4H3. The normalized spacial score (nSPS) is 15.4. The Labute approximate surface area is 179 Å². The van der Waals surface area contributed by atoms with Gasteiger partial charge in [-0.1, -0.05) is 12.2 Å². The average molecular weight is 420 g/mol. The molecule has 3 aromatic rings. The Morgan fingerprint density at radius 3 is 2.52 bits per heavy atom. The molecule has 0 bridgehead atoms. The topological polar surface area (TPSA) is 100 Å². The minimum absolute atomic E-state index is 0.0261. The number of rotatable bonds is 4. The molecule has 1 aliphatic rings. The summed E-state index contributed by atoms with van der Waals surface area (Å²) in [5.74, 6) is 0.489. The number of phenolic OH excluding ortho intramolecular Hbond substituents is 2. The molecule has 31 heavy (non-hydrogen) atoms. The van der Waals surface area contributed by atoms with E-state index >= 15 is 0 Å². The van der Waals surface area contributed by atoms with E-state index in [2.05, 4.69) is 6.58 Å². The highest BCUT2D eigenvalue weighted by atomic mass is 16.5. The molecule has 1 atom stereocenters. The molecule has 0 amide bonds. The Morgan fingerprint density at radius 2 is 1.87 bits per heavy atom. The highest BCUT2D eigenvalue weighted by Gasteiger charge is 2.31. The second-order valence-electron chi connectivity index (χ2n) is 8.40. The van der Waals surface area contributed by atoms with Gasteiger partial charge in [0.05, 0.1) is 11.7 Å². The van der Waals surface area contributed by atoms with Crippen LogP contribution in [0.1, 0.15) is 31.9 Å². The van der Waals surface area contributed by atoms with Gasteiger partial charge in [0.2, 0.25) is 0 Å². The van der Waals surface area contributed by atoms with E-state index < -0.39 is 17.1 Å². The van der Waals surface area contributed by atoms with Gasteiger partial charge in [-0.05, 0) is 57.2 Å². The molecule has 6 nitrogen and oxygen atoms in total. The summed E-state index contributed by atoms with van der Waals surface area (Å²) in [5, 5.41) is 31.0. The lowest BCUT2D eigenvalue weighted by atomic mass is 9.92.